The van der Waals surface area contributed by atoms with Crippen LogP contribution in [-0.2, 0) is 4.79 Å². The molecule has 1 atom stereocenters. The molecule has 0 aromatic heterocycles. The fraction of sp³-hybridized carbons (Fsp3) is 0.263. The van der Waals surface area contributed by atoms with E-state index in [9.17, 15) is 18.4 Å². The third kappa shape index (κ3) is 5.46. The maximum absolute atomic E-state index is 13.6. The fourth-order valence-electron chi connectivity index (χ4n) is 2.48. The molecule has 0 aliphatic heterocycles. The fourth-order valence-corrected chi connectivity index (χ4v) is 2.48. The van der Waals surface area contributed by atoms with E-state index >= 15 is 0 Å². The summed E-state index contributed by atoms with van der Waals surface area (Å²) in [5, 5.41) is 11.9. The summed E-state index contributed by atoms with van der Waals surface area (Å²) in [6, 6.07) is 11.5. The van der Waals surface area contributed by atoms with Crippen molar-refractivity contribution in [3.8, 4) is 0 Å². The Balaban J connectivity index is 1.93. The Kier molecular flexibility index (Phi) is 6.77. The SMILES string of the molecule is O=C(CCC(=O)c1ccc(F)cc1F)NC(CCO)c1ccccc1. The normalized spacial score (nSPS) is 11.8. The van der Waals surface area contributed by atoms with Gasteiger partial charge in [-0.25, -0.2) is 8.78 Å². The first-order valence-corrected chi connectivity index (χ1v) is 7.94. The van der Waals surface area contributed by atoms with Crippen LogP contribution in [0.3, 0.4) is 0 Å². The number of aliphatic hydroxyl groups excluding tert-OH is 1. The molecule has 0 aliphatic rings. The summed E-state index contributed by atoms with van der Waals surface area (Å²) >= 11 is 0. The van der Waals surface area contributed by atoms with Gasteiger partial charge in [0.25, 0.3) is 0 Å². The Labute approximate surface area is 144 Å². The first-order valence-electron chi connectivity index (χ1n) is 7.94. The van der Waals surface area contributed by atoms with Crippen LogP contribution in [0.4, 0.5) is 8.78 Å². The van der Waals surface area contributed by atoms with Crippen LogP contribution in [0.5, 0.6) is 0 Å². The molecule has 4 nitrogen and oxygen atoms in total. The quantitative estimate of drug-likeness (QED) is 0.721. The third-order valence-electron chi connectivity index (χ3n) is 3.77. The maximum Gasteiger partial charge on any atom is 0.220 e. The second-order valence-corrected chi connectivity index (χ2v) is 5.59. The van der Waals surface area contributed by atoms with Crippen molar-refractivity contribution in [3.63, 3.8) is 0 Å². The van der Waals surface area contributed by atoms with E-state index in [1.807, 2.05) is 30.3 Å². The van der Waals surface area contributed by atoms with Gasteiger partial charge in [-0.2, -0.15) is 0 Å². The molecule has 6 heteroatoms. The summed E-state index contributed by atoms with van der Waals surface area (Å²) in [6.45, 7) is -0.0977. The second-order valence-electron chi connectivity index (χ2n) is 5.59. The molecule has 0 aliphatic carbocycles. The molecule has 2 N–H and O–H groups in total. The molecule has 0 heterocycles. The van der Waals surface area contributed by atoms with E-state index in [0.29, 0.717) is 12.5 Å². The Bertz CT molecular complexity index is 735. The zero-order chi connectivity index (χ0) is 18.2. The minimum atomic E-state index is -0.937. The highest BCUT2D eigenvalue weighted by atomic mass is 19.1. The van der Waals surface area contributed by atoms with Gasteiger partial charge in [0.1, 0.15) is 11.6 Å². The number of aliphatic hydroxyl groups is 1. The predicted octanol–water partition coefficient (Wildman–Crippen LogP) is 3.17. The van der Waals surface area contributed by atoms with Crippen molar-refractivity contribution in [1.29, 1.82) is 0 Å². The Morgan fingerprint density at radius 3 is 2.40 bits per heavy atom. The van der Waals surface area contributed by atoms with Crippen molar-refractivity contribution in [2.75, 3.05) is 6.61 Å². The molecule has 25 heavy (non-hydrogen) atoms. The number of amides is 1. The number of ketones is 1. The van der Waals surface area contributed by atoms with Gasteiger partial charge in [0.2, 0.25) is 5.91 Å². The molecule has 132 valence electrons. The summed E-state index contributed by atoms with van der Waals surface area (Å²) in [5.41, 5.74) is 0.616. The molecule has 0 spiro atoms. The smallest absolute Gasteiger partial charge is 0.220 e. The van der Waals surface area contributed by atoms with Crippen molar-refractivity contribution >= 4 is 11.7 Å². The number of nitrogens with one attached hydrogen (secondary N) is 1. The van der Waals surface area contributed by atoms with E-state index in [1.54, 1.807) is 0 Å². The molecule has 0 bridgehead atoms. The molecule has 2 aromatic carbocycles. The van der Waals surface area contributed by atoms with E-state index in [1.165, 1.54) is 0 Å². The van der Waals surface area contributed by atoms with Crippen LogP contribution in [0.2, 0.25) is 0 Å². The van der Waals surface area contributed by atoms with Gasteiger partial charge in [-0.1, -0.05) is 30.3 Å². The molecule has 0 radical (unpaired) electrons. The van der Waals surface area contributed by atoms with Crippen molar-refractivity contribution in [3.05, 3.63) is 71.3 Å². The third-order valence-corrected chi connectivity index (χ3v) is 3.77. The van der Waals surface area contributed by atoms with E-state index in [2.05, 4.69) is 5.32 Å². The minimum absolute atomic E-state index is 0.0977. The van der Waals surface area contributed by atoms with Gasteiger partial charge in [0.15, 0.2) is 5.78 Å². The Morgan fingerprint density at radius 2 is 1.76 bits per heavy atom. The van der Waals surface area contributed by atoms with Gasteiger partial charge in [-0.05, 0) is 24.1 Å². The molecule has 1 unspecified atom stereocenters. The lowest BCUT2D eigenvalue weighted by molar-refractivity contribution is -0.121. The minimum Gasteiger partial charge on any atom is -0.396 e. The zero-order valence-electron chi connectivity index (χ0n) is 13.5. The molecule has 1 amide bonds. The number of hydrogen-bond acceptors (Lipinski definition) is 3. The summed E-state index contributed by atoms with van der Waals surface area (Å²) < 4.78 is 26.4. The van der Waals surface area contributed by atoms with Crippen molar-refractivity contribution in [2.45, 2.75) is 25.3 Å². The van der Waals surface area contributed by atoms with Gasteiger partial charge < -0.3 is 10.4 Å². The number of rotatable bonds is 8. The molecule has 2 aromatic rings. The highest BCUT2D eigenvalue weighted by Gasteiger charge is 2.17. The lowest BCUT2D eigenvalue weighted by Gasteiger charge is -2.18. The average molecular weight is 347 g/mol. The molecule has 0 saturated carbocycles. The highest BCUT2D eigenvalue weighted by Crippen LogP contribution is 2.17. The standard InChI is InChI=1S/C19H19F2NO3/c20-14-6-7-15(16(21)12-14)18(24)8-9-19(25)22-17(10-11-23)13-4-2-1-3-5-13/h1-7,12,17,23H,8-11H2,(H,22,25). The number of carbonyl (C=O) groups excluding carboxylic acids is 2. The zero-order valence-corrected chi connectivity index (χ0v) is 13.5. The van der Waals surface area contributed by atoms with Crippen LogP contribution in [0.15, 0.2) is 48.5 Å². The van der Waals surface area contributed by atoms with Crippen LogP contribution in [0, 0.1) is 11.6 Å². The number of benzene rings is 2. The van der Waals surface area contributed by atoms with Crippen molar-refractivity contribution < 1.29 is 23.5 Å². The van der Waals surface area contributed by atoms with Gasteiger partial charge in [0, 0.05) is 25.5 Å². The average Bonchev–Trinajstić information content (AvgIpc) is 2.60. The highest BCUT2D eigenvalue weighted by molar-refractivity contribution is 5.98. The first kappa shape index (κ1) is 18.7. The van der Waals surface area contributed by atoms with Crippen molar-refractivity contribution in [2.24, 2.45) is 0 Å². The lowest BCUT2D eigenvalue weighted by Crippen LogP contribution is -2.29. The van der Waals surface area contributed by atoms with E-state index in [4.69, 9.17) is 5.11 Å². The number of Topliss-reactive ketones (excluding diaryl/α,β-unsaturated/α-hetero) is 1. The molecule has 2 rings (SSSR count). The summed E-state index contributed by atoms with van der Waals surface area (Å²) in [4.78, 5) is 24.1. The summed E-state index contributed by atoms with van der Waals surface area (Å²) in [6.07, 6.45) is 0.0374. The van der Waals surface area contributed by atoms with E-state index in [-0.39, 0.29) is 37.0 Å². The van der Waals surface area contributed by atoms with Crippen molar-refractivity contribution in [1.82, 2.24) is 5.32 Å². The Morgan fingerprint density at radius 1 is 1.04 bits per heavy atom. The largest absolute Gasteiger partial charge is 0.396 e. The summed E-state index contributed by atoms with van der Waals surface area (Å²) in [5.74, 6) is -2.64. The molecule has 0 fully saturated rings. The topological polar surface area (TPSA) is 66.4 Å². The van der Waals surface area contributed by atoms with Crippen LogP contribution in [-0.4, -0.2) is 23.4 Å². The van der Waals surface area contributed by atoms with Gasteiger partial charge in [0.05, 0.1) is 11.6 Å². The van der Waals surface area contributed by atoms with Crippen LogP contribution in [0.25, 0.3) is 0 Å². The predicted molar refractivity (Wildman–Crippen MR) is 89.0 cm³/mol. The van der Waals surface area contributed by atoms with E-state index < -0.39 is 17.4 Å². The monoisotopic (exact) mass is 347 g/mol. The second kappa shape index (κ2) is 9.03. The van der Waals surface area contributed by atoms with E-state index in [0.717, 1.165) is 17.7 Å². The van der Waals surface area contributed by atoms with Gasteiger partial charge in [-0.15, -0.1) is 0 Å². The number of carbonyl (C=O) groups is 2. The van der Waals surface area contributed by atoms with Gasteiger partial charge >= 0.3 is 0 Å². The van der Waals surface area contributed by atoms with Gasteiger partial charge in [-0.3, -0.25) is 9.59 Å². The molecular weight excluding hydrogens is 328 g/mol. The van der Waals surface area contributed by atoms with Crippen LogP contribution in [0.1, 0.15) is 41.2 Å². The molecular formula is C19H19F2NO3. The van der Waals surface area contributed by atoms with Crippen LogP contribution >= 0.6 is 0 Å². The number of hydrogen-bond donors (Lipinski definition) is 2. The van der Waals surface area contributed by atoms with Crippen LogP contribution < -0.4 is 5.32 Å². The summed E-state index contributed by atoms with van der Waals surface area (Å²) in [7, 11) is 0. The first-order chi connectivity index (χ1) is 12.0. The number of halogens is 2. The molecule has 0 saturated heterocycles. The lowest BCUT2D eigenvalue weighted by atomic mass is 10.0. The Hall–Kier alpha value is -2.60. The maximum atomic E-state index is 13.6.